The van der Waals surface area contributed by atoms with Gasteiger partial charge in [-0.15, -0.1) is 0 Å². The Morgan fingerprint density at radius 1 is 1.08 bits per heavy atom. The number of allylic oxidation sites excluding steroid dienone is 4. The SMILES string of the molecule is C1=CCC=C2CCNCCC2=C1. The smallest absolute Gasteiger partial charge is 0.000812 e. The Morgan fingerprint density at radius 3 is 2.83 bits per heavy atom. The molecule has 2 rings (SSSR count). The fourth-order valence-corrected chi connectivity index (χ4v) is 1.79. The first-order valence-corrected chi connectivity index (χ1v) is 4.72. The maximum atomic E-state index is 3.42. The zero-order chi connectivity index (χ0) is 8.23. The van der Waals surface area contributed by atoms with E-state index in [0.29, 0.717) is 0 Å². The van der Waals surface area contributed by atoms with Gasteiger partial charge in [0.05, 0.1) is 0 Å². The average Bonchev–Trinajstić information content (AvgIpc) is 2.38. The van der Waals surface area contributed by atoms with Gasteiger partial charge in [0.25, 0.3) is 0 Å². The Labute approximate surface area is 73.9 Å². The third-order valence-electron chi connectivity index (χ3n) is 2.49. The van der Waals surface area contributed by atoms with Gasteiger partial charge < -0.3 is 5.32 Å². The summed E-state index contributed by atoms with van der Waals surface area (Å²) < 4.78 is 0. The van der Waals surface area contributed by atoms with E-state index >= 15 is 0 Å². The molecule has 0 aromatic carbocycles. The molecule has 0 bridgehead atoms. The lowest BCUT2D eigenvalue weighted by molar-refractivity contribution is 0.717. The summed E-state index contributed by atoms with van der Waals surface area (Å²) in [6.07, 6.45) is 12.5. The van der Waals surface area contributed by atoms with Gasteiger partial charge in [-0.2, -0.15) is 0 Å². The van der Waals surface area contributed by atoms with Crippen molar-refractivity contribution >= 4 is 0 Å². The summed E-state index contributed by atoms with van der Waals surface area (Å²) in [6.45, 7) is 2.28. The second kappa shape index (κ2) is 3.72. The van der Waals surface area contributed by atoms with Crippen LogP contribution in [0.4, 0.5) is 0 Å². The van der Waals surface area contributed by atoms with Crippen LogP contribution >= 0.6 is 0 Å². The van der Waals surface area contributed by atoms with Crippen molar-refractivity contribution in [2.24, 2.45) is 0 Å². The van der Waals surface area contributed by atoms with Crippen LogP contribution in [-0.2, 0) is 0 Å². The average molecular weight is 161 g/mol. The Balaban J connectivity index is 2.23. The zero-order valence-electron chi connectivity index (χ0n) is 7.34. The third-order valence-corrected chi connectivity index (χ3v) is 2.49. The first-order chi connectivity index (χ1) is 5.97. The van der Waals surface area contributed by atoms with Crippen LogP contribution in [0.5, 0.6) is 0 Å². The molecular formula is C11H15N. The zero-order valence-corrected chi connectivity index (χ0v) is 7.34. The highest BCUT2D eigenvalue weighted by molar-refractivity contribution is 5.37. The maximum Gasteiger partial charge on any atom is -0.000812 e. The third kappa shape index (κ3) is 1.67. The van der Waals surface area contributed by atoms with Gasteiger partial charge in [0.15, 0.2) is 0 Å². The minimum atomic E-state index is 1.11. The van der Waals surface area contributed by atoms with Crippen molar-refractivity contribution in [3.63, 3.8) is 0 Å². The number of hydrogen-bond acceptors (Lipinski definition) is 1. The highest BCUT2D eigenvalue weighted by atomic mass is 14.8. The topological polar surface area (TPSA) is 12.0 Å². The van der Waals surface area contributed by atoms with Crippen LogP contribution in [0.3, 0.4) is 0 Å². The Bertz CT molecular complexity index is 246. The molecule has 2 aliphatic rings. The summed E-state index contributed by atoms with van der Waals surface area (Å²) in [4.78, 5) is 0. The van der Waals surface area contributed by atoms with Crippen molar-refractivity contribution in [2.75, 3.05) is 13.1 Å². The highest BCUT2D eigenvalue weighted by Gasteiger charge is 2.08. The van der Waals surface area contributed by atoms with Crippen molar-refractivity contribution in [2.45, 2.75) is 19.3 Å². The second-order valence-corrected chi connectivity index (χ2v) is 3.34. The first kappa shape index (κ1) is 7.81. The number of nitrogens with one attached hydrogen (secondary N) is 1. The highest BCUT2D eigenvalue weighted by Crippen LogP contribution is 2.22. The number of rotatable bonds is 0. The van der Waals surface area contributed by atoms with Gasteiger partial charge in [0.1, 0.15) is 0 Å². The monoisotopic (exact) mass is 161 g/mol. The van der Waals surface area contributed by atoms with Gasteiger partial charge in [-0.05, 0) is 43.5 Å². The fourth-order valence-electron chi connectivity index (χ4n) is 1.79. The number of hydrogen-bond donors (Lipinski definition) is 1. The molecule has 0 saturated carbocycles. The van der Waals surface area contributed by atoms with E-state index in [1.54, 1.807) is 5.57 Å². The van der Waals surface area contributed by atoms with Gasteiger partial charge in [-0.1, -0.05) is 24.3 Å². The molecule has 0 atom stereocenters. The Morgan fingerprint density at radius 2 is 1.92 bits per heavy atom. The molecule has 1 aliphatic heterocycles. The van der Waals surface area contributed by atoms with E-state index in [0.717, 1.165) is 19.5 Å². The van der Waals surface area contributed by atoms with Gasteiger partial charge in [0, 0.05) is 0 Å². The lowest BCUT2D eigenvalue weighted by atomic mass is 10.0. The quantitative estimate of drug-likeness (QED) is 0.574. The summed E-state index contributed by atoms with van der Waals surface area (Å²) in [6, 6.07) is 0. The summed E-state index contributed by atoms with van der Waals surface area (Å²) in [5.74, 6) is 0. The van der Waals surface area contributed by atoms with Crippen molar-refractivity contribution in [3.05, 3.63) is 35.5 Å². The van der Waals surface area contributed by atoms with Gasteiger partial charge in [-0.25, -0.2) is 0 Å². The van der Waals surface area contributed by atoms with E-state index in [-0.39, 0.29) is 0 Å². The molecule has 1 fully saturated rings. The summed E-state index contributed by atoms with van der Waals surface area (Å²) in [7, 11) is 0. The predicted octanol–water partition coefficient (Wildman–Crippen LogP) is 2.18. The minimum Gasteiger partial charge on any atom is -0.316 e. The standard InChI is InChI=1S/C11H15N/c1-2-4-10-6-8-12-9-7-11(10)5-3-1/h1-2,4-5,12H,3,6-9H2. The molecule has 64 valence electrons. The molecule has 1 nitrogen and oxygen atoms in total. The first-order valence-electron chi connectivity index (χ1n) is 4.72. The van der Waals surface area contributed by atoms with E-state index in [4.69, 9.17) is 0 Å². The van der Waals surface area contributed by atoms with Crippen LogP contribution in [0.25, 0.3) is 0 Å². The summed E-state index contributed by atoms with van der Waals surface area (Å²) in [5.41, 5.74) is 3.10. The minimum absolute atomic E-state index is 1.11. The summed E-state index contributed by atoms with van der Waals surface area (Å²) in [5, 5.41) is 3.42. The maximum absolute atomic E-state index is 3.42. The van der Waals surface area contributed by atoms with Crippen molar-refractivity contribution in [1.29, 1.82) is 0 Å². The lowest BCUT2D eigenvalue weighted by Gasteiger charge is -2.04. The van der Waals surface area contributed by atoms with E-state index in [9.17, 15) is 0 Å². The number of fused-ring (bicyclic) bond motifs is 1. The molecule has 1 heterocycles. The van der Waals surface area contributed by atoms with Crippen LogP contribution in [-0.4, -0.2) is 13.1 Å². The Kier molecular flexibility index (Phi) is 2.42. The van der Waals surface area contributed by atoms with E-state index in [1.165, 1.54) is 18.4 Å². The normalized spacial score (nSPS) is 23.3. The Hall–Kier alpha value is -0.820. The van der Waals surface area contributed by atoms with Crippen LogP contribution in [0.15, 0.2) is 35.5 Å². The van der Waals surface area contributed by atoms with Crippen LogP contribution in [0.1, 0.15) is 19.3 Å². The molecule has 1 heteroatoms. The van der Waals surface area contributed by atoms with Crippen molar-refractivity contribution < 1.29 is 0 Å². The van der Waals surface area contributed by atoms with E-state index < -0.39 is 0 Å². The molecule has 1 aliphatic carbocycles. The van der Waals surface area contributed by atoms with E-state index in [1.807, 2.05) is 0 Å². The second-order valence-electron chi connectivity index (χ2n) is 3.34. The fraction of sp³-hybridized carbons (Fsp3) is 0.455. The van der Waals surface area contributed by atoms with Gasteiger partial charge >= 0.3 is 0 Å². The van der Waals surface area contributed by atoms with Crippen molar-refractivity contribution in [1.82, 2.24) is 5.32 Å². The largest absolute Gasteiger partial charge is 0.316 e. The van der Waals surface area contributed by atoms with Crippen LogP contribution in [0, 0.1) is 0 Å². The molecule has 0 aromatic rings. The molecular weight excluding hydrogens is 146 g/mol. The molecule has 0 unspecified atom stereocenters. The van der Waals surface area contributed by atoms with Crippen molar-refractivity contribution in [3.8, 4) is 0 Å². The molecule has 0 spiro atoms. The molecule has 12 heavy (non-hydrogen) atoms. The molecule has 1 N–H and O–H groups in total. The van der Waals surface area contributed by atoms with Gasteiger partial charge in [0.2, 0.25) is 0 Å². The van der Waals surface area contributed by atoms with Crippen LogP contribution < -0.4 is 5.32 Å². The van der Waals surface area contributed by atoms with Crippen LogP contribution in [0.2, 0.25) is 0 Å². The molecule has 0 radical (unpaired) electrons. The molecule has 1 saturated heterocycles. The molecule has 0 aromatic heterocycles. The van der Waals surface area contributed by atoms with Gasteiger partial charge in [-0.3, -0.25) is 0 Å². The lowest BCUT2D eigenvalue weighted by Crippen LogP contribution is -2.13. The summed E-state index contributed by atoms with van der Waals surface area (Å²) >= 11 is 0. The molecule has 0 amide bonds. The van der Waals surface area contributed by atoms with E-state index in [2.05, 4.69) is 29.6 Å². The predicted molar refractivity (Wildman–Crippen MR) is 52.0 cm³/mol.